The maximum absolute atomic E-state index is 9.95. The molecule has 0 fully saturated rings. The van der Waals surface area contributed by atoms with Crippen LogP contribution in [0.2, 0.25) is 0 Å². The Balaban J connectivity index is 1.93. The van der Waals surface area contributed by atoms with Crippen molar-refractivity contribution in [1.29, 1.82) is 0 Å². The molecule has 21 heavy (non-hydrogen) atoms. The van der Waals surface area contributed by atoms with Crippen molar-refractivity contribution in [3.05, 3.63) is 59.7 Å². The molecule has 0 bridgehead atoms. The summed E-state index contributed by atoms with van der Waals surface area (Å²) in [5, 5.41) is 19.9. The van der Waals surface area contributed by atoms with Crippen molar-refractivity contribution in [2.75, 3.05) is 13.7 Å². The van der Waals surface area contributed by atoms with Crippen molar-refractivity contribution in [2.45, 2.75) is 12.5 Å². The minimum absolute atomic E-state index is 0.0568. The van der Waals surface area contributed by atoms with Gasteiger partial charge in [-0.3, -0.25) is 4.99 Å². The van der Waals surface area contributed by atoms with E-state index in [0.29, 0.717) is 17.7 Å². The zero-order valence-electron chi connectivity index (χ0n) is 11.9. The largest absolute Gasteiger partial charge is 0.504 e. The molecule has 1 unspecified atom stereocenters. The predicted octanol–water partition coefficient (Wildman–Crippen LogP) is 2.42. The van der Waals surface area contributed by atoms with Crippen LogP contribution in [0.1, 0.15) is 11.1 Å². The van der Waals surface area contributed by atoms with Crippen LogP contribution in [0, 0.1) is 0 Å². The smallest absolute Gasteiger partial charge is 0.166 e. The molecule has 0 aliphatic carbocycles. The first-order valence-corrected chi connectivity index (χ1v) is 6.78. The Hall–Kier alpha value is -2.33. The predicted molar refractivity (Wildman–Crippen MR) is 83.3 cm³/mol. The molecule has 0 saturated carbocycles. The number of hydrogen-bond donors (Lipinski definition) is 2. The zero-order valence-corrected chi connectivity index (χ0v) is 11.9. The van der Waals surface area contributed by atoms with E-state index in [0.717, 1.165) is 5.56 Å². The molecule has 1 atom stereocenters. The fraction of sp³-hybridized carbons (Fsp3) is 0.235. The molecule has 0 amide bonds. The van der Waals surface area contributed by atoms with Gasteiger partial charge >= 0.3 is 0 Å². The molecular weight excluding hydrogens is 266 g/mol. The highest BCUT2D eigenvalue weighted by Crippen LogP contribution is 2.27. The number of para-hydroxylation sites is 1. The SMILES string of the molecule is COc1cccc(C=NCC(O)Cc2ccccc2)c1O. The minimum Gasteiger partial charge on any atom is -0.504 e. The molecule has 2 rings (SSSR count). The Morgan fingerprint density at radius 1 is 1.14 bits per heavy atom. The van der Waals surface area contributed by atoms with Crippen LogP contribution >= 0.6 is 0 Å². The number of aromatic hydroxyl groups is 1. The summed E-state index contributed by atoms with van der Waals surface area (Å²) in [7, 11) is 1.50. The molecule has 0 radical (unpaired) electrons. The van der Waals surface area contributed by atoms with Crippen molar-refractivity contribution < 1.29 is 14.9 Å². The summed E-state index contributed by atoms with van der Waals surface area (Å²) in [6.07, 6.45) is 1.56. The van der Waals surface area contributed by atoms with Gasteiger partial charge in [0, 0.05) is 18.2 Å². The highest BCUT2D eigenvalue weighted by molar-refractivity contribution is 5.84. The summed E-state index contributed by atoms with van der Waals surface area (Å²) in [6, 6.07) is 15.0. The van der Waals surface area contributed by atoms with Gasteiger partial charge in [0.2, 0.25) is 0 Å². The van der Waals surface area contributed by atoms with Gasteiger partial charge in [0.05, 0.1) is 19.8 Å². The third kappa shape index (κ3) is 4.33. The van der Waals surface area contributed by atoms with E-state index in [1.165, 1.54) is 7.11 Å². The first-order valence-electron chi connectivity index (χ1n) is 6.78. The number of methoxy groups -OCH3 is 1. The summed E-state index contributed by atoms with van der Waals surface area (Å²) in [5.74, 6) is 0.463. The number of aliphatic hydroxyl groups excluding tert-OH is 1. The number of nitrogens with zero attached hydrogens (tertiary/aromatic N) is 1. The molecule has 110 valence electrons. The lowest BCUT2D eigenvalue weighted by molar-refractivity contribution is 0.184. The van der Waals surface area contributed by atoms with Crippen molar-refractivity contribution in [3.63, 3.8) is 0 Å². The molecule has 4 heteroatoms. The minimum atomic E-state index is -0.545. The lowest BCUT2D eigenvalue weighted by Gasteiger charge is -2.08. The van der Waals surface area contributed by atoms with Crippen LogP contribution in [0.25, 0.3) is 0 Å². The zero-order chi connectivity index (χ0) is 15.1. The van der Waals surface area contributed by atoms with E-state index in [9.17, 15) is 10.2 Å². The molecule has 0 aromatic heterocycles. The van der Waals surface area contributed by atoms with Gasteiger partial charge in [-0.15, -0.1) is 0 Å². The van der Waals surface area contributed by atoms with Crippen LogP contribution in [0.3, 0.4) is 0 Å². The fourth-order valence-corrected chi connectivity index (χ4v) is 2.03. The Labute approximate surface area is 124 Å². The lowest BCUT2D eigenvalue weighted by Crippen LogP contribution is -2.14. The number of phenols is 1. The molecule has 2 N–H and O–H groups in total. The van der Waals surface area contributed by atoms with E-state index in [2.05, 4.69) is 4.99 Å². The number of ether oxygens (including phenoxy) is 1. The Bertz CT molecular complexity index is 596. The molecule has 4 nitrogen and oxygen atoms in total. The van der Waals surface area contributed by atoms with Gasteiger partial charge in [-0.1, -0.05) is 36.4 Å². The number of rotatable bonds is 6. The highest BCUT2D eigenvalue weighted by atomic mass is 16.5. The van der Waals surface area contributed by atoms with Gasteiger partial charge in [-0.25, -0.2) is 0 Å². The second kappa shape index (κ2) is 7.45. The average Bonchev–Trinajstić information content (AvgIpc) is 2.50. The third-order valence-electron chi connectivity index (χ3n) is 3.11. The molecular formula is C17H19NO3. The Morgan fingerprint density at radius 2 is 1.90 bits per heavy atom. The number of aliphatic hydroxyl groups is 1. The summed E-state index contributed by atoms with van der Waals surface area (Å²) in [6.45, 7) is 0.283. The van der Waals surface area contributed by atoms with Gasteiger partial charge in [0.1, 0.15) is 0 Å². The summed E-state index contributed by atoms with van der Waals surface area (Å²) >= 11 is 0. The summed E-state index contributed by atoms with van der Waals surface area (Å²) < 4.78 is 5.03. The molecule has 2 aromatic carbocycles. The normalized spacial score (nSPS) is 12.5. The lowest BCUT2D eigenvalue weighted by atomic mass is 10.1. The second-order valence-electron chi connectivity index (χ2n) is 4.74. The van der Waals surface area contributed by atoms with E-state index in [1.807, 2.05) is 30.3 Å². The van der Waals surface area contributed by atoms with E-state index in [1.54, 1.807) is 24.4 Å². The van der Waals surface area contributed by atoms with Crippen LogP contribution in [0.15, 0.2) is 53.5 Å². The second-order valence-corrected chi connectivity index (χ2v) is 4.74. The van der Waals surface area contributed by atoms with Crippen LogP contribution < -0.4 is 4.74 Å². The molecule has 0 spiro atoms. The van der Waals surface area contributed by atoms with Gasteiger partial charge in [0.25, 0.3) is 0 Å². The van der Waals surface area contributed by atoms with Crippen molar-refractivity contribution in [2.24, 2.45) is 4.99 Å². The first kappa shape index (κ1) is 15.1. The highest BCUT2D eigenvalue weighted by Gasteiger charge is 2.06. The van der Waals surface area contributed by atoms with Crippen molar-refractivity contribution in [1.82, 2.24) is 0 Å². The van der Waals surface area contributed by atoms with Gasteiger partial charge in [-0.05, 0) is 17.7 Å². The molecule has 0 aliphatic heterocycles. The molecule has 0 heterocycles. The van der Waals surface area contributed by atoms with Crippen LogP contribution in [0.5, 0.6) is 11.5 Å². The Morgan fingerprint density at radius 3 is 2.62 bits per heavy atom. The fourth-order valence-electron chi connectivity index (χ4n) is 2.03. The monoisotopic (exact) mass is 285 g/mol. The van der Waals surface area contributed by atoms with Crippen LogP contribution in [-0.4, -0.2) is 36.2 Å². The summed E-state index contributed by atoms with van der Waals surface area (Å²) in [4.78, 5) is 4.18. The maximum Gasteiger partial charge on any atom is 0.166 e. The average molecular weight is 285 g/mol. The third-order valence-corrected chi connectivity index (χ3v) is 3.11. The maximum atomic E-state index is 9.95. The van der Waals surface area contributed by atoms with Gasteiger partial charge < -0.3 is 14.9 Å². The number of phenolic OH excluding ortho intramolecular Hbond substituents is 1. The molecule has 2 aromatic rings. The topological polar surface area (TPSA) is 62.0 Å². The molecule has 0 saturated heterocycles. The Kier molecular flexibility index (Phi) is 5.35. The van der Waals surface area contributed by atoms with Gasteiger partial charge in [-0.2, -0.15) is 0 Å². The van der Waals surface area contributed by atoms with Crippen molar-refractivity contribution in [3.8, 4) is 11.5 Å². The summed E-state index contributed by atoms with van der Waals surface area (Å²) in [5.41, 5.74) is 1.64. The number of hydrogen-bond acceptors (Lipinski definition) is 4. The van der Waals surface area contributed by atoms with Gasteiger partial charge in [0.15, 0.2) is 11.5 Å². The van der Waals surface area contributed by atoms with E-state index >= 15 is 0 Å². The van der Waals surface area contributed by atoms with E-state index < -0.39 is 6.10 Å². The van der Waals surface area contributed by atoms with Crippen molar-refractivity contribution >= 4 is 6.21 Å². The van der Waals surface area contributed by atoms with E-state index in [-0.39, 0.29) is 12.3 Å². The number of benzene rings is 2. The quantitative estimate of drug-likeness (QED) is 0.801. The molecule has 0 aliphatic rings. The first-order chi connectivity index (χ1) is 10.2. The van der Waals surface area contributed by atoms with Crippen LogP contribution in [-0.2, 0) is 6.42 Å². The van der Waals surface area contributed by atoms with Crippen LogP contribution in [0.4, 0.5) is 0 Å². The van der Waals surface area contributed by atoms with E-state index in [4.69, 9.17) is 4.74 Å². The standard InChI is InChI=1S/C17H19NO3/c1-21-16-9-5-8-14(17(16)20)11-18-12-15(19)10-13-6-3-2-4-7-13/h2-9,11,15,19-20H,10,12H2,1H3. The number of aliphatic imine (C=N–C) groups is 1.